The maximum absolute atomic E-state index is 13.0. The number of amides is 1. The first-order valence-corrected chi connectivity index (χ1v) is 10.2. The molecule has 1 atom stereocenters. The molecule has 32 heavy (non-hydrogen) atoms. The lowest BCUT2D eigenvalue weighted by molar-refractivity contribution is -0.117. The van der Waals surface area contributed by atoms with Gasteiger partial charge in [0.2, 0.25) is 5.91 Å². The summed E-state index contributed by atoms with van der Waals surface area (Å²) in [7, 11) is 3.09. The van der Waals surface area contributed by atoms with E-state index >= 15 is 0 Å². The van der Waals surface area contributed by atoms with Gasteiger partial charge in [0.05, 0.1) is 37.1 Å². The summed E-state index contributed by atoms with van der Waals surface area (Å²) in [6.45, 7) is 5.44. The summed E-state index contributed by atoms with van der Waals surface area (Å²) in [4.78, 5) is 25.0. The molecule has 3 N–H and O–H groups in total. The lowest BCUT2D eigenvalue weighted by atomic mass is 9.97. The van der Waals surface area contributed by atoms with Crippen LogP contribution in [0.1, 0.15) is 42.3 Å². The number of carbonyl (C=O) groups is 2. The molecule has 1 amide bonds. The highest BCUT2D eigenvalue weighted by Gasteiger charge is 2.27. The quantitative estimate of drug-likeness (QED) is 0.501. The Morgan fingerprint density at radius 2 is 1.81 bits per heavy atom. The Morgan fingerprint density at radius 1 is 1.12 bits per heavy atom. The maximum Gasteiger partial charge on any atom is 0.241 e. The van der Waals surface area contributed by atoms with Crippen LogP contribution in [-0.4, -0.2) is 37.6 Å². The molecule has 0 radical (unpaired) electrons. The Morgan fingerprint density at radius 3 is 2.47 bits per heavy atom. The molecule has 0 aromatic heterocycles. The molecule has 1 heterocycles. The van der Waals surface area contributed by atoms with Crippen molar-refractivity contribution in [3.05, 3.63) is 59.2 Å². The monoisotopic (exact) mass is 436 g/mol. The van der Waals surface area contributed by atoms with Gasteiger partial charge in [-0.15, -0.1) is 0 Å². The summed E-state index contributed by atoms with van der Waals surface area (Å²) >= 11 is 0. The number of ether oxygens (including phenoxy) is 3. The molecule has 7 heteroatoms. The van der Waals surface area contributed by atoms with E-state index < -0.39 is 11.6 Å². The van der Waals surface area contributed by atoms with E-state index in [-0.39, 0.29) is 11.7 Å². The lowest BCUT2D eigenvalue weighted by Crippen LogP contribution is -2.32. The van der Waals surface area contributed by atoms with Crippen LogP contribution in [0.3, 0.4) is 0 Å². The number of nitrogens with one attached hydrogen (secondary N) is 1. The van der Waals surface area contributed by atoms with Gasteiger partial charge < -0.3 is 25.3 Å². The van der Waals surface area contributed by atoms with E-state index in [1.165, 1.54) is 13.2 Å². The van der Waals surface area contributed by atoms with E-state index in [1.807, 2.05) is 26.0 Å². The Labute approximate surface area is 187 Å². The van der Waals surface area contributed by atoms with Crippen LogP contribution in [0.25, 0.3) is 12.2 Å². The van der Waals surface area contributed by atoms with E-state index in [2.05, 4.69) is 5.32 Å². The van der Waals surface area contributed by atoms with Crippen molar-refractivity contribution in [2.45, 2.75) is 32.4 Å². The molecule has 1 aliphatic heterocycles. The Kier molecular flexibility index (Phi) is 6.69. The van der Waals surface area contributed by atoms with Crippen LogP contribution in [0, 0.1) is 0 Å². The van der Waals surface area contributed by atoms with Crippen molar-refractivity contribution in [3.63, 3.8) is 0 Å². The maximum atomic E-state index is 13.0. The minimum absolute atomic E-state index is 0.216. The second-order valence-electron chi connectivity index (χ2n) is 8.03. The minimum Gasteiger partial charge on any atom is -0.496 e. The number of anilines is 1. The highest BCUT2D eigenvalue weighted by atomic mass is 16.5. The van der Waals surface area contributed by atoms with Gasteiger partial charge in [0, 0.05) is 0 Å². The zero-order valence-corrected chi connectivity index (χ0v) is 18.9. The summed E-state index contributed by atoms with van der Waals surface area (Å²) < 4.78 is 16.8. The van der Waals surface area contributed by atoms with Gasteiger partial charge in [-0.25, -0.2) is 0 Å². The van der Waals surface area contributed by atoms with Crippen molar-refractivity contribution >= 4 is 29.5 Å². The van der Waals surface area contributed by atoms with Crippen LogP contribution >= 0.6 is 0 Å². The molecule has 1 aliphatic rings. The third-order valence-corrected chi connectivity index (χ3v) is 4.98. The van der Waals surface area contributed by atoms with Crippen molar-refractivity contribution in [1.29, 1.82) is 0 Å². The minimum atomic E-state index is -0.667. The first kappa shape index (κ1) is 23.1. The van der Waals surface area contributed by atoms with E-state index in [1.54, 1.807) is 50.4 Å². The number of hydrogen-bond acceptors (Lipinski definition) is 6. The van der Waals surface area contributed by atoms with Gasteiger partial charge >= 0.3 is 0 Å². The zero-order chi connectivity index (χ0) is 23.5. The average molecular weight is 437 g/mol. The third-order valence-electron chi connectivity index (χ3n) is 4.98. The molecule has 168 valence electrons. The summed E-state index contributed by atoms with van der Waals surface area (Å²) in [6, 6.07) is 8.00. The Hall–Kier alpha value is -3.58. The van der Waals surface area contributed by atoms with Crippen molar-refractivity contribution < 1.29 is 23.8 Å². The second-order valence-corrected chi connectivity index (χ2v) is 8.03. The third kappa shape index (κ3) is 5.00. The molecule has 0 saturated heterocycles. The van der Waals surface area contributed by atoms with Gasteiger partial charge in [-0.3, -0.25) is 9.59 Å². The number of rotatable bonds is 7. The number of carbonyl (C=O) groups excluding carboxylic acids is 2. The number of hydrogen-bond donors (Lipinski definition) is 2. The zero-order valence-electron chi connectivity index (χ0n) is 18.9. The van der Waals surface area contributed by atoms with Crippen LogP contribution in [0.4, 0.5) is 5.69 Å². The fourth-order valence-electron chi connectivity index (χ4n) is 3.24. The highest BCUT2D eigenvalue weighted by molar-refractivity contribution is 6.09. The van der Waals surface area contributed by atoms with E-state index in [4.69, 9.17) is 19.9 Å². The topological polar surface area (TPSA) is 99.9 Å². The number of nitrogens with two attached hydrogens (primary N) is 1. The van der Waals surface area contributed by atoms with Gasteiger partial charge in [0.25, 0.3) is 0 Å². The molecule has 2 aromatic carbocycles. The van der Waals surface area contributed by atoms with Gasteiger partial charge in [0.1, 0.15) is 22.8 Å². The normalized spacial score (nSPS) is 14.9. The van der Waals surface area contributed by atoms with Crippen molar-refractivity contribution in [1.82, 2.24) is 0 Å². The summed E-state index contributed by atoms with van der Waals surface area (Å²) in [5.41, 5.74) is 7.45. The van der Waals surface area contributed by atoms with Crippen LogP contribution in [0.15, 0.2) is 42.5 Å². The molecular weight excluding hydrogens is 408 g/mol. The molecule has 0 saturated carbocycles. The molecule has 3 rings (SSSR count). The Bertz CT molecular complexity index is 1100. The fraction of sp³-hybridized carbons (Fsp3) is 0.280. The van der Waals surface area contributed by atoms with Crippen LogP contribution in [-0.2, 0) is 4.79 Å². The summed E-state index contributed by atoms with van der Waals surface area (Å²) in [5.74, 6) is 1.07. The predicted octanol–water partition coefficient (Wildman–Crippen LogP) is 4.07. The number of methoxy groups -OCH3 is 2. The molecule has 0 bridgehead atoms. The van der Waals surface area contributed by atoms with E-state index in [9.17, 15) is 9.59 Å². The Balaban J connectivity index is 1.91. The van der Waals surface area contributed by atoms with Gasteiger partial charge in [-0.1, -0.05) is 12.1 Å². The SMILES string of the molecule is COc1ccc(/C=C/C(=O)c2ccc(OC)c3c2OC(C)(C)C=C3)cc1NC(=O)C(C)N. The van der Waals surface area contributed by atoms with E-state index in [0.717, 1.165) is 5.56 Å². The van der Waals surface area contributed by atoms with Gasteiger partial charge in [-0.05, 0) is 68.8 Å². The molecular formula is C25H28N2O5. The number of ketones is 1. The average Bonchev–Trinajstić information content (AvgIpc) is 2.76. The first-order valence-electron chi connectivity index (χ1n) is 10.2. The largest absolute Gasteiger partial charge is 0.496 e. The number of allylic oxidation sites excluding steroid dienone is 1. The fourth-order valence-corrected chi connectivity index (χ4v) is 3.24. The molecule has 7 nitrogen and oxygen atoms in total. The molecule has 0 spiro atoms. The van der Waals surface area contributed by atoms with Gasteiger partial charge in [-0.2, -0.15) is 0 Å². The van der Waals surface area contributed by atoms with Crippen LogP contribution < -0.4 is 25.3 Å². The van der Waals surface area contributed by atoms with Crippen LogP contribution in [0.2, 0.25) is 0 Å². The molecule has 0 fully saturated rings. The van der Waals surface area contributed by atoms with Crippen molar-refractivity contribution in [3.8, 4) is 17.2 Å². The van der Waals surface area contributed by atoms with Crippen LogP contribution in [0.5, 0.6) is 17.2 Å². The molecule has 1 unspecified atom stereocenters. The molecule has 0 aliphatic carbocycles. The summed E-state index contributed by atoms with van der Waals surface area (Å²) in [5, 5.41) is 2.73. The van der Waals surface area contributed by atoms with E-state index in [0.29, 0.717) is 34.1 Å². The number of fused-ring (bicyclic) bond motifs is 1. The number of benzene rings is 2. The molecule has 2 aromatic rings. The van der Waals surface area contributed by atoms with Crippen molar-refractivity contribution in [2.24, 2.45) is 5.73 Å². The van der Waals surface area contributed by atoms with Gasteiger partial charge in [0.15, 0.2) is 5.78 Å². The summed E-state index contributed by atoms with van der Waals surface area (Å²) in [6.07, 6.45) is 6.98. The van der Waals surface area contributed by atoms with Crippen molar-refractivity contribution in [2.75, 3.05) is 19.5 Å². The highest BCUT2D eigenvalue weighted by Crippen LogP contribution is 2.40. The lowest BCUT2D eigenvalue weighted by Gasteiger charge is -2.29. The first-order chi connectivity index (χ1) is 15.1. The smallest absolute Gasteiger partial charge is 0.241 e. The second kappa shape index (κ2) is 9.28. The standard InChI is InChI=1S/C25H28N2O5/c1-15(26)24(29)27-19-14-16(7-10-22(19)31-5)6-9-20(28)17-8-11-21(30-4)18-12-13-25(2,3)32-23(17)18/h6-15H,26H2,1-5H3,(H,27,29)/b9-6+. The predicted molar refractivity (Wildman–Crippen MR) is 125 cm³/mol.